The molecule has 0 fully saturated rings. The minimum Gasteiger partial charge on any atom is -0.386 e. The average molecular weight is 347 g/mol. The van der Waals surface area contributed by atoms with Crippen molar-refractivity contribution < 1.29 is 5.11 Å². The summed E-state index contributed by atoms with van der Waals surface area (Å²) >= 11 is 7.26. The number of guanidine groups is 1. The Morgan fingerprint density at radius 2 is 2.05 bits per heavy atom. The molecule has 0 amide bonds. The maximum Gasteiger partial charge on any atom is 0.191 e. The van der Waals surface area contributed by atoms with Crippen molar-refractivity contribution in [1.29, 1.82) is 0 Å². The van der Waals surface area contributed by atoms with Crippen molar-refractivity contribution in [2.45, 2.75) is 39.3 Å². The summed E-state index contributed by atoms with van der Waals surface area (Å²) in [5.74, 6) is 0.708. The molecule has 0 aliphatic rings. The predicted octanol–water partition coefficient (Wildman–Crippen LogP) is 2.38. The van der Waals surface area contributed by atoms with Crippen molar-refractivity contribution in [3.05, 3.63) is 21.3 Å². The topological polar surface area (TPSA) is 68.7 Å². The Labute approximate surface area is 142 Å². The molecule has 0 aromatic carbocycles. The lowest BCUT2D eigenvalue weighted by Gasteiger charge is -2.21. The molecule has 0 spiro atoms. The van der Waals surface area contributed by atoms with E-state index in [1.54, 1.807) is 6.07 Å². The number of nitrogens with one attached hydrogen (secondary N) is 3. The molecule has 126 valence electrons. The van der Waals surface area contributed by atoms with Gasteiger partial charge in [-0.2, -0.15) is 0 Å². The Kier molecular flexibility index (Phi) is 8.17. The van der Waals surface area contributed by atoms with Crippen LogP contribution in [0.3, 0.4) is 0 Å². The summed E-state index contributed by atoms with van der Waals surface area (Å²) in [5.41, 5.74) is 0.103. The number of hydrogen-bond donors (Lipinski definition) is 4. The fourth-order valence-corrected chi connectivity index (χ4v) is 2.77. The van der Waals surface area contributed by atoms with E-state index >= 15 is 0 Å². The van der Waals surface area contributed by atoms with Crippen LogP contribution in [-0.4, -0.2) is 42.8 Å². The fraction of sp³-hybridized carbons (Fsp3) is 0.667. The zero-order valence-electron chi connectivity index (χ0n) is 13.7. The average Bonchev–Trinajstić information content (AvgIpc) is 2.86. The second-order valence-electron chi connectivity index (χ2n) is 5.98. The molecule has 0 saturated heterocycles. The molecule has 0 saturated carbocycles. The number of aliphatic hydroxyl groups excluding tert-OH is 1. The van der Waals surface area contributed by atoms with Crippen molar-refractivity contribution in [3.8, 4) is 0 Å². The van der Waals surface area contributed by atoms with E-state index in [2.05, 4.69) is 41.7 Å². The number of aliphatic imine (C=N–C) groups is 1. The van der Waals surface area contributed by atoms with E-state index in [-0.39, 0.29) is 5.54 Å². The van der Waals surface area contributed by atoms with Crippen LogP contribution in [-0.2, 0) is 0 Å². The molecule has 1 unspecified atom stereocenters. The first-order valence-electron chi connectivity index (χ1n) is 7.52. The highest BCUT2D eigenvalue weighted by Gasteiger charge is 2.10. The van der Waals surface area contributed by atoms with Gasteiger partial charge in [0.2, 0.25) is 0 Å². The molecule has 0 aliphatic heterocycles. The van der Waals surface area contributed by atoms with E-state index in [4.69, 9.17) is 11.6 Å². The molecule has 1 atom stereocenters. The van der Waals surface area contributed by atoms with Gasteiger partial charge in [0.25, 0.3) is 0 Å². The Morgan fingerprint density at radius 1 is 1.32 bits per heavy atom. The van der Waals surface area contributed by atoms with Crippen molar-refractivity contribution >= 4 is 28.9 Å². The first kappa shape index (κ1) is 19.2. The van der Waals surface area contributed by atoms with Crippen LogP contribution < -0.4 is 16.0 Å². The van der Waals surface area contributed by atoms with Crippen molar-refractivity contribution in [2.75, 3.05) is 26.2 Å². The molecule has 4 N–H and O–H groups in total. The summed E-state index contributed by atoms with van der Waals surface area (Å²) in [4.78, 5) is 5.25. The zero-order valence-corrected chi connectivity index (χ0v) is 15.3. The highest BCUT2D eigenvalue weighted by atomic mass is 35.5. The van der Waals surface area contributed by atoms with Gasteiger partial charge in [0, 0.05) is 30.1 Å². The van der Waals surface area contributed by atoms with Crippen LogP contribution in [0.2, 0.25) is 4.34 Å². The first-order chi connectivity index (χ1) is 10.3. The standard InChI is InChI=1S/C15H27ClN4OS/c1-5-17-14(18-8-9-20-15(2,3)4)19-10-11(21)12-6-7-13(16)22-12/h6-7,11,20-21H,5,8-10H2,1-4H3,(H2,17,18,19). The Hall–Kier alpha value is -0.820. The quantitative estimate of drug-likeness (QED) is 0.347. The van der Waals surface area contributed by atoms with E-state index in [9.17, 15) is 5.11 Å². The molecule has 1 aromatic heterocycles. The summed E-state index contributed by atoms with van der Waals surface area (Å²) < 4.78 is 0.677. The molecular formula is C15H27ClN4OS. The van der Waals surface area contributed by atoms with Gasteiger partial charge in [0.1, 0.15) is 6.10 Å². The maximum atomic E-state index is 10.1. The number of thiophene rings is 1. The Balaban J connectivity index is 2.44. The van der Waals surface area contributed by atoms with Gasteiger partial charge in [-0.3, -0.25) is 4.99 Å². The van der Waals surface area contributed by atoms with Crippen LogP contribution in [0.4, 0.5) is 0 Å². The number of hydrogen-bond acceptors (Lipinski definition) is 4. The smallest absolute Gasteiger partial charge is 0.191 e. The van der Waals surface area contributed by atoms with E-state index < -0.39 is 6.10 Å². The molecule has 0 bridgehead atoms. The molecule has 1 aromatic rings. The van der Waals surface area contributed by atoms with Gasteiger partial charge in [0.15, 0.2) is 5.96 Å². The van der Waals surface area contributed by atoms with Gasteiger partial charge in [0.05, 0.1) is 10.9 Å². The van der Waals surface area contributed by atoms with Crippen LogP contribution in [0.1, 0.15) is 38.7 Å². The van der Waals surface area contributed by atoms with Crippen molar-refractivity contribution in [3.63, 3.8) is 0 Å². The van der Waals surface area contributed by atoms with E-state index in [1.165, 1.54) is 11.3 Å². The lowest BCUT2D eigenvalue weighted by molar-refractivity contribution is 0.191. The number of nitrogens with zero attached hydrogens (tertiary/aromatic N) is 1. The summed E-state index contributed by atoms with van der Waals surface area (Å²) in [6.07, 6.45) is -0.624. The third kappa shape index (κ3) is 7.98. The second-order valence-corrected chi connectivity index (χ2v) is 7.73. The van der Waals surface area contributed by atoms with Gasteiger partial charge < -0.3 is 21.1 Å². The minimum atomic E-state index is -0.624. The molecule has 1 heterocycles. The van der Waals surface area contributed by atoms with Gasteiger partial charge in [-0.15, -0.1) is 11.3 Å². The molecule has 0 radical (unpaired) electrons. The van der Waals surface area contributed by atoms with Crippen LogP contribution in [0.15, 0.2) is 17.1 Å². The van der Waals surface area contributed by atoms with Gasteiger partial charge in [-0.25, -0.2) is 0 Å². The van der Waals surface area contributed by atoms with Crippen molar-refractivity contribution in [2.24, 2.45) is 4.99 Å². The summed E-state index contributed by atoms with van der Waals surface area (Å²) in [5, 5.41) is 19.9. The number of aliphatic hydroxyl groups is 1. The third-order valence-electron chi connectivity index (χ3n) is 2.76. The SMILES string of the molecule is CCNC(=NCC(O)c1ccc(Cl)s1)NCCNC(C)(C)C. The third-order valence-corrected chi connectivity index (χ3v) is 4.09. The van der Waals surface area contributed by atoms with Crippen LogP contribution in [0.25, 0.3) is 0 Å². The fourth-order valence-electron chi connectivity index (χ4n) is 1.74. The minimum absolute atomic E-state index is 0.103. The predicted molar refractivity (Wildman–Crippen MR) is 96.0 cm³/mol. The molecule has 1 rings (SSSR count). The highest BCUT2D eigenvalue weighted by molar-refractivity contribution is 7.16. The lowest BCUT2D eigenvalue weighted by atomic mass is 10.1. The Bertz CT molecular complexity index is 470. The van der Waals surface area contributed by atoms with Gasteiger partial charge >= 0.3 is 0 Å². The molecule has 7 heteroatoms. The molecule has 22 heavy (non-hydrogen) atoms. The molecule has 0 aliphatic carbocycles. The summed E-state index contributed by atoms with van der Waals surface area (Å²) in [6, 6.07) is 3.62. The number of rotatable bonds is 7. The summed E-state index contributed by atoms with van der Waals surface area (Å²) in [6.45, 7) is 11.1. The van der Waals surface area contributed by atoms with E-state index in [0.717, 1.165) is 24.5 Å². The first-order valence-corrected chi connectivity index (χ1v) is 8.72. The normalized spacial score (nSPS) is 14.0. The van der Waals surface area contributed by atoms with Gasteiger partial charge in [-0.1, -0.05) is 11.6 Å². The van der Waals surface area contributed by atoms with E-state index in [1.807, 2.05) is 13.0 Å². The second kappa shape index (κ2) is 9.35. The number of halogens is 1. The zero-order chi connectivity index (χ0) is 16.6. The Morgan fingerprint density at radius 3 is 2.59 bits per heavy atom. The largest absolute Gasteiger partial charge is 0.386 e. The van der Waals surface area contributed by atoms with Crippen molar-refractivity contribution in [1.82, 2.24) is 16.0 Å². The van der Waals surface area contributed by atoms with Crippen LogP contribution in [0, 0.1) is 0 Å². The maximum absolute atomic E-state index is 10.1. The molecule has 5 nitrogen and oxygen atoms in total. The monoisotopic (exact) mass is 346 g/mol. The molecular weight excluding hydrogens is 320 g/mol. The van der Waals surface area contributed by atoms with Gasteiger partial charge in [-0.05, 0) is 39.8 Å². The van der Waals surface area contributed by atoms with E-state index in [0.29, 0.717) is 16.8 Å². The van der Waals surface area contributed by atoms with Crippen LogP contribution >= 0.6 is 22.9 Å². The van der Waals surface area contributed by atoms with Crippen LogP contribution in [0.5, 0.6) is 0 Å². The summed E-state index contributed by atoms with van der Waals surface area (Å²) in [7, 11) is 0. The highest BCUT2D eigenvalue weighted by Crippen LogP contribution is 2.26. The lowest BCUT2D eigenvalue weighted by Crippen LogP contribution is -2.44.